The van der Waals surface area contributed by atoms with Gasteiger partial charge in [0.05, 0.1) is 0 Å². The maximum absolute atomic E-state index is 12.4. The lowest BCUT2D eigenvalue weighted by Crippen LogP contribution is -2.52. The summed E-state index contributed by atoms with van der Waals surface area (Å²) in [6, 6.07) is 9.15. The molecule has 1 aliphatic heterocycles. The largest absolute Gasteiger partial charge is 0.339 e. The molecule has 1 heterocycles. The number of amides is 3. The van der Waals surface area contributed by atoms with Crippen LogP contribution in [0.2, 0.25) is 0 Å². The van der Waals surface area contributed by atoms with Crippen molar-refractivity contribution in [3.05, 3.63) is 30.3 Å². The van der Waals surface area contributed by atoms with Crippen molar-refractivity contribution in [3.8, 4) is 0 Å². The number of hydrogen-bond donors (Lipinski definition) is 0. The molecule has 0 radical (unpaired) electrons. The molecule has 0 saturated carbocycles. The van der Waals surface area contributed by atoms with Gasteiger partial charge in [-0.15, -0.1) is 0 Å². The molecule has 0 aliphatic carbocycles. The van der Waals surface area contributed by atoms with Crippen LogP contribution >= 0.6 is 0 Å². The fourth-order valence-corrected chi connectivity index (χ4v) is 2.50. The quantitative estimate of drug-likeness (QED) is 0.827. The molecule has 1 aromatic carbocycles. The first-order valence-electron chi connectivity index (χ1n) is 7.35. The van der Waals surface area contributed by atoms with Crippen molar-refractivity contribution in [1.82, 2.24) is 9.80 Å². The summed E-state index contributed by atoms with van der Waals surface area (Å²) >= 11 is 0. The Morgan fingerprint density at radius 2 is 1.50 bits per heavy atom. The van der Waals surface area contributed by atoms with E-state index in [2.05, 4.69) is 0 Å². The van der Waals surface area contributed by atoms with Crippen LogP contribution in [-0.2, 0) is 14.4 Å². The minimum Gasteiger partial charge on any atom is -0.339 e. The van der Waals surface area contributed by atoms with Gasteiger partial charge in [0.2, 0.25) is 17.7 Å². The van der Waals surface area contributed by atoms with E-state index in [4.69, 9.17) is 0 Å². The van der Waals surface area contributed by atoms with Crippen LogP contribution in [0.1, 0.15) is 13.8 Å². The van der Waals surface area contributed by atoms with E-state index in [1.807, 2.05) is 30.3 Å². The maximum Gasteiger partial charge on any atom is 0.242 e. The molecule has 0 spiro atoms. The molecule has 6 heteroatoms. The molecule has 1 saturated heterocycles. The number of para-hydroxylation sites is 1. The fraction of sp³-hybridized carbons (Fsp3) is 0.438. The molecule has 1 aromatic rings. The van der Waals surface area contributed by atoms with E-state index >= 15 is 0 Å². The van der Waals surface area contributed by atoms with Crippen LogP contribution in [0.25, 0.3) is 0 Å². The molecular weight excluding hydrogens is 282 g/mol. The van der Waals surface area contributed by atoms with Crippen molar-refractivity contribution in [2.24, 2.45) is 0 Å². The number of carbonyl (C=O) groups excluding carboxylic acids is 3. The number of carbonyl (C=O) groups is 3. The van der Waals surface area contributed by atoms with Gasteiger partial charge >= 0.3 is 0 Å². The topological polar surface area (TPSA) is 60.9 Å². The first-order valence-corrected chi connectivity index (χ1v) is 7.35. The molecule has 3 amide bonds. The average molecular weight is 303 g/mol. The van der Waals surface area contributed by atoms with Crippen LogP contribution in [0.15, 0.2) is 30.3 Å². The standard InChI is InChI=1S/C16H21N3O3/c1-13(20)17-8-10-18(11-9-17)16(22)12-19(14(2)21)15-6-4-3-5-7-15/h3-7H,8-12H2,1-2H3. The highest BCUT2D eigenvalue weighted by atomic mass is 16.2. The first-order chi connectivity index (χ1) is 10.5. The average Bonchev–Trinajstić information content (AvgIpc) is 2.53. The van der Waals surface area contributed by atoms with Crippen molar-refractivity contribution < 1.29 is 14.4 Å². The molecule has 6 nitrogen and oxygen atoms in total. The number of anilines is 1. The predicted molar refractivity (Wildman–Crippen MR) is 83.3 cm³/mol. The van der Waals surface area contributed by atoms with Gasteiger partial charge in [0.25, 0.3) is 0 Å². The Balaban J connectivity index is 1.98. The third-order valence-corrected chi connectivity index (χ3v) is 3.82. The Morgan fingerprint density at radius 1 is 0.955 bits per heavy atom. The van der Waals surface area contributed by atoms with E-state index in [0.29, 0.717) is 31.9 Å². The van der Waals surface area contributed by atoms with E-state index in [0.717, 1.165) is 0 Å². The Labute approximate surface area is 130 Å². The second-order valence-electron chi connectivity index (χ2n) is 5.33. The molecule has 0 N–H and O–H groups in total. The van der Waals surface area contributed by atoms with Gasteiger partial charge in [-0.3, -0.25) is 14.4 Å². The highest BCUT2D eigenvalue weighted by molar-refractivity contribution is 5.97. The van der Waals surface area contributed by atoms with Crippen LogP contribution in [-0.4, -0.2) is 60.2 Å². The van der Waals surface area contributed by atoms with E-state index in [1.54, 1.807) is 9.80 Å². The summed E-state index contributed by atoms with van der Waals surface area (Å²) in [4.78, 5) is 40.4. The van der Waals surface area contributed by atoms with Crippen LogP contribution in [0.3, 0.4) is 0 Å². The van der Waals surface area contributed by atoms with E-state index in [-0.39, 0.29) is 24.3 Å². The third kappa shape index (κ3) is 3.84. The molecule has 0 bridgehead atoms. The minimum absolute atomic E-state index is 0.0272. The van der Waals surface area contributed by atoms with E-state index in [1.165, 1.54) is 18.7 Å². The number of piperazine rings is 1. The Bertz CT molecular complexity index is 551. The van der Waals surface area contributed by atoms with Gasteiger partial charge in [-0.2, -0.15) is 0 Å². The van der Waals surface area contributed by atoms with Crippen molar-refractivity contribution >= 4 is 23.4 Å². The van der Waals surface area contributed by atoms with Crippen molar-refractivity contribution in [2.45, 2.75) is 13.8 Å². The highest BCUT2D eigenvalue weighted by Gasteiger charge is 2.24. The lowest BCUT2D eigenvalue weighted by molar-refractivity contribution is -0.137. The van der Waals surface area contributed by atoms with Gasteiger partial charge in [-0.1, -0.05) is 18.2 Å². The summed E-state index contributed by atoms with van der Waals surface area (Å²) in [5, 5.41) is 0. The summed E-state index contributed by atoms with van der Waals surface area (Å²) in [7, 11) is 0. The summed E-state index contributed by atoms with van der Waals surface area (Å²) in [5.41, 5.74) is 0.714. The number of nitrogens with zero attached hydrogens (tertiary/aromatic N) is 3. The molecule has 118 valence electrons. The molecule has 0 unspecified atom stereocenters. The second-order valence-corrected chi connectivity index (χ2v) is 5.33. The molecule has 22 heavy (non-hydrogen) atoms. The summed E-state index contributed by atoms with van der Waals surface area (Å²) in [5.74, 6) is -0.231. The lowest BCUT2D eigenvalue weighted by atomic mass is 10.2. The molecule has 1 aliphatic rings. The SMILES string of the molecule is CC(=O)N1CCN(C(=O)CN(C(C)=O)c2ccccc2)CC1. The Morgan fingerprint density at radius 3 is 2.00 bits per heavy atom. The normalized spacial score (nSPS) is 14.6. The first kappa shape index (κ1) is 16.0. The molecule has 1 fully saturated rings. The molecule has 0 atom stereocenters. The van der Waals surface area contributed by atoms with Crippen LogP contribution in [0, 0.1) is 0 Å². The minimum atomic E-state index is -0.165. The summed E-state index contributed by atoms with van der Waals surface area (Å²) in [6.07, 6.45) is 0. The number of rotatable bonds is 3. The number of hydrogen-bond acceptors (Lipinski definition) is 3. The summed E-state index contributed by atoms with van der Waals surface area (Å²) in [6.45, 7) is 5.13. The second kappa shape index (κ2) is 7.06. The zero-order valence-corrected chi connectivity index (χ0v) is 13.0. The monoisotopic (exact) mass is 303 g/mol. The van der Waals surface area contributed by atoms with Gasteiger partial charge in [0, 0.05) is 45.7 Å². The van der Waals surface area contributed by atoms with Gasteiger partial charge < -0.3 is 14.7 Å². The zero-order valence-electron chi connectivity index (χ0n) is 13.0. The van der Waals surface area contributed by atoms with Crippen molar-refractivity contribution in [1.29, 1.82) is 0 Å². The van der Waals surface area contributed by atoms with Gasteiger partial charge in [-0.05, 0) is 12.1 Å². The van der Waals surface area contributed by atoms with Crippen LogP contribution < -0.4 is 4.90 Å². The highest BCUT2D eigenvalue weighted by Crippen LogP contribution is 2.14. The Hall–Kier alpha value is -2.37. The molecular formula is C16H21N3O3. The molecule has 0 aromatic heterocycles. The van der Waals surface area contributed by atoms with Gasteiger partial charge in [0.1, 0.15) is 6.54 Å². The third-order valence-electron chi connectivity index (χ3n) is 3.82. The maximum atomic E-state index is 12.4. The van der Waals surface area contributed by atoms with Crippen molar-refractivity contribution in [2.75, 3.05) is 37.6 Å². The predicted octanol–water partition coefficient (Wildman–Crippen LogP) is 0.730. The van der Waals surface area contributed by atoms with Crippen LogP contribution in [0.5, 0.6) is 0 Å². The zero-order chi connectivity index (χ0) is 16.1. The van der Waals surface area contributed by atoms with Gasteiger partial charge in [-0.25, -0.2) is 0 Å². The lowest BCUT2D eigenvalue weighted by Gasteiger charge is -2.35. The smallest absolute Gasteiger partial charge is 0.242 e. The van der Waals surface area contributed by atoms with Gasteiger partial charge in [0.15, 0.2) is 0 Å². The summed E-state index contributed by atoms with van der Waals surface area (Å²) < 4.78 is 0. The van der Waals surface area contributed by atoms with Crippen LogP contribution in [0.4, 0.5) is 5.69 Å². The molecule has 2 rings (SSSR count). The van der Waals surface area contributed by atoms with E-state index in [9.17, 15) is 14.4 Å². The van der Waals surface area contributed by atoms with Crippen molar-refractivity contribution in [3.63, 3.8) is 0 Å². The van der Waals surface area contributed by atoms with E-state index < -0.39 is 0 Å². The number of benzene rings is 1. The Kier molecular flexibility index (Phi) is 5.14. The fourth-order valence-electron chi connectivity index (χ4n) is 2.50.